The first-order valence-corrected chi connectivity index (χ1v) is 14.5. The summed E-state index contributed by atoms with van der Waals surface area (Å²) in [5, 5.41) is 0. The Hall–Kier alpha value is -4.15. The van der Waals surface area contributed by atoms with E-state index in [-0.39, 0.29) is 5.97 Å². The number of ether oxygens (including phenoxy) is 3. The molecule has 0 bridgehead atoms. The van der Waals surface area contributed by atoms with Crippen LogP contribution in [0.4, 0.5) is 0 Å². The van der Waals surface area contributed by atoms with Gasteiger partial charge in [0.25, 0.3) is 0 Å². The summed E-state index contributed by atoms with van der Waals surface area (Å²) in [6, 6.07) is 37.2. The number of unbranched alkanes of at least 4 members (excludes halogenated alkanes) is 1. The lowest BCUT2D eigenvalue weighted by Crippen LogP contribution is -2.29. The van der Waals surface area contributed by atoms with Gasteiger partial charge in [0.1, 0.15) is 12.4 Å². The van der Waals surface area contributed by atoms with Crippen LogP contribution >= 0.6 is 0 Å². The first kappa shape index (κ1) is 29.8. The molecular weight excluding hydrogens is 508 g/mol. The molecule has 0 fully saturated rings. The van der Waals surface area contributed by atoms with Gasteiger partial charge < -0.3 is 14.2 Å². The third-order valence-electron chi connectivity index (χ3n) is 7.00. The van der Waals surface area contributed by atoms with Crippen molar-refractivity contribution in [1.29, 1.82) is 0 Å². The summed E-state index contributed by atoms with van der Waals surface area (Å²) in [5.41, 5.74) is 7.08. The van der Waals surface area contributed by atoms with Gasteiger partial charge in [0.2, 0.25) is 0 Å². The van der Waals surface area contributed by atoms with Crippen LogP contribution in [-0.2, 0) is 27.1 Å². The highest BCUT2D eigenvalue weighted by Crippen LogP contribution is 2.22. The Bertz CT molecular complexity index is 1340. The summed E-state index contributed by atoms with van der Waals surface area (Å²) in [6.07, 6.45) is 4.85. The summed E-state index contributed by atoms with van der Waals surface area (Å²) in [5.74, 6) is 0.472. The van der Waals surface area contributed by atoms with Crippen LogP contribution < -0.4 is 4.74 Å². The van der Waals surface area contributed by atoms with E-state index in [1.165, 1.54) is 27.8 Å². The van der Waals surface area contributed by atoms with Crippen molar-refractivity contribution in [2.45, 2.75) is 45.6 Å². The Morgan fingerprint density at radius 1 is 0.756 bits per heavy atom. The van der Waals surface area contributed by atoms with Crippen molar-refractivity contribution in [3.05, 3.63) is 132 Å². The van der Waals surface area contributed by atoms with E-state index >= 15 is 0 Å². The lowest BCUT2D eigenvalue weighted by Gasteiger charge is -2.17. The predicted octanol–water partition coefficient (Wildman–Crippen LogP) is 8.35. The topological polar surface area (TPSA) is 44.8 Å². The molecule has 0 aliphatic heterocycles. The molecule has 0 amide bonds. The molecule has 4 nitrogen and oxygen atoms in total. The lowest BCUT2D eigenvalue weighted by molar-refractivity contribution is -0.156. The number of benzene rings is 4. The molecule has 4 rings (SSSR count). The summed E-state index contributed by atoms with van der Waals surface area (Å²) in [6.45, 7) is 5.25. The van der Waals surface area contributed by atoms with Gasteiger partial charge in [-0.15, -0.1) is 0 Å². The number of rotatable bonds is 15. The molecule has 4 heteroatoms. The maximum atomic E-state index is 12.5. The lowest BCUT2D eigenvalue weighted by atomic mass is 10.0. The zero-order chi connectivity index (χ0) is 28.7. The summed E-state index contributed by atoms with van der Waals surface area (Å²) in [7, 11) is 0. The van der Waals surface area contributed by atoms with Crippen LogP contribution in [0.25, 0.3) is 16.7 Å². The Morgan fingerprint density at radius 2 is 1.41 bits per heavy atom. The van der Waals surface area contributed by atoms with E-state index in [2.05, 4.69) is 85.8 Å². The van der Waals surface area contributed by atoms with E-state index in [4.69, 9.17) is 14.2 Å². The molecule has 4 aromatic carbocycles. The first-order valence-electron chi connectivity index (χ1n) is 14.5. The van der Waals surface area contributed by atoms with E-state index < -0.39 is 6.10 Å². The fourth-order valence-corrected chi connectivity index (χ4v) is 4.62. The Labute approximate surface area is 244 Å². The average molecular weight is 549 g/mol. The van der Waals surface area contributed by atoms with Crippen LogP contribution in [-0.4, -0.2) is 31.9 Å². The van der Waals surface area contributed by atoms with Gasteiger partial charge >= 0.3 is 5.97 Å². The number of aryl methyl sites for hydroxylation is 1. The molecule has 0 N–H and O–H groups in total. The van der Waals surface area contributed by atoms with Crippen molar-refractivity contribution in [3.63, 3.8) is 0 Å². The van der Waals surface area contributed by atoms with Gasteiger partial charge in [-0.2, -0.15) is 0 Å². The first-order chi connectivity index (χ1) is 20.1. The second-order valence-electron chi connectivity index (χ2n) is 10.0. The fraction of sp³-hybridized carbons (Fsp3) is 0.270. The third kappa shape index (κ3) is 9.77. The second-order valence-corrected chi connectivity index (χ2v) is 10.0. The van der Waals surface area contributed by atoms with Gasteiger partial charge in [-0.3, -0.25) is 0 Å². The standard InChI is InChI=1S/C37H40O4/c1-3-39-37(38)36(41-26-11-10-14-30-12-6-4-7-13-30)28-31-17-23-35(24-18-31)40-27-25-29(2)32-19-21-34(22-20-32)33-15-8-5-9-16-33/h4-9,12-13,15-25,36H,3,10-11,14,26-28H2,1-2H3/t36-/m0/s1. The Morgan fingerprint density at radius 3 is 2.10 bits per heavy atom. The molecular formula is C37H40O4. The smallest absolute Gasteiger partial charge is 0.335 e. The van der Waals surface area contributed by atoms with E-state index in [9.17, 15) is 4.79 Å². The molecule has 0 spiro atoms. The van der Waals surface area contributed by atoms with Gasteiger partial charge in [-0.05, 0) is 84.7 Å². The Kier molecular flexibility index (Phi) is 11.8. The highest BCUT2D eigenvalue weighted by molar-refractivity contribution is 5.75. The summed E-state index contributed by atoms with van der Waals surface area (Å²) < 4.78 is 17.2. The van der Waals surface area contributed by atoms with Crippen LogP contribution in [0.2, 0.25) is 0 Å². The van der Waals surface area contributed by atoms with Gasteiger partial charge in [0.15, 0.2) is 6.10 Å². The van der Waals surface area contributed by atoms with Crippen molar-refractivity contribution in [2.75, 3.05) is 19.8 Å². The van der Waals surface area contributed by atoms with Gasteiger partial charge in [-0.25, -0.2) is 4.79 Å². The van der Waals surface area contributed by atoms with E-state index in [1.54, 1.807) is 0 Å². The summed E-state index contributed by atoms with van der Waals surface area (Å²) >= 11 is 0. The van der Waals surface area contributed by atoms with Crippen LogP contribution in [0.3, 0.4) is 0 Å². The molecule has 4 aromatic rings. The van der Waals surface area contributed by atoms with E-state index in [1.807, 2.05) is 43.3 Å². The maximum absolute atomic E-state index is 12.5. The van der Waals surface area contributed by atoms with Crippen LogP contribution in [0.15, 0.2) is 115 Å². The van der Waals surface area contributed by atoms with Crippen molar-refractivity contribution >= 4 is 11.5 Å². The monoisotopic (exact) mass is 548 g/mol. The van der Waals surface area contributed by atoms with Crippen LogP contribution in [0, 0.1) is 0 Å². The molecule has 0 radical (unpaired) electrons. The largest absolute Gasteiger partial charge is 0.490 e. The van der Waals surface area contributed by atoms with Gasteiger partial charge in [0.05, 0.1) is 6.61 Å². The highest BCUT2D eigenvalue weighted by Gasteiger charge is 2.21. The third-order valence-corrected chi connectivity index (χ3v) is 7.00. The van der Waals surface area contributed by atoms with E-state index in [0.717, 1.165) is 30.6 Å². The molecule has 0 saturated heterocycles. The molecule has 1 atom stereocenters. The number of carbonyl (C=O) groups excluding carboxylic acids is 1. The molecule has 0 aliphatic rings. The summed E-state index contributed by atoms with van der Waals surface area (Å²) in [4.78, 5) is 12.5. The number of hydrogen-bond acceptors (Lipinski definition) is 4. The highest BCUT2D eigenvalue weighted by atomic mass is 16.6. The van der Waals surface area contributed by atoms with Crippen molar-refractivity contribution in [2.24, 2.45) is 0 Å². The maximum Gasteiger partial charge on any atom is 0.335 e. The van der Waals surface area contributed by atoms with Crippen molar-refractivity contribution < 1.29 is 19.0 Å². The molecule has 0 unspecified atom stereocenters. The quantitative estimate of drug-likeness (QED) is 0.111. The minimum absolute atomic E-state index is 0.312. The molecule has 0 aromatic heterocycles. The Balaban J connectivity index is 1.24. The van der Waals surface area contributed by atoms with Crippen LogP contribution in [0.1, 0.15) is 43.4 Å². The van der Waals surface area contributed by atoms with Crippen LogP contribution in [0.5, 0.6) is 5.75 Å². The average Bonchev–Trinajstić information content (AvgIpc) is 3.02. The molecule has 0 aliphatic carbocycles. The second kappa shape index (κ2) is 16.2. The SMILES string of the molecule is CCOC(=O)[C@H](Cc1ccc(OCC=C(C)c2ccc(-c3ccccc3)cc2)cc1)OCCCCc1ccccc1. The normalized spacial score (nSPS) is 12.1. The van der Waals surface area contributed by atoms with Gasteiger partial charge in [0, 0.05) is 13.0 Å². The number of carbonyl (C=O) groups is 1. The van der Waals surface area contributed by atoms with Gasteiger partial charge in [-0.1, -0.05) is 97.1 Å². The molecule has 41 heavy (non-hydrogen) atoms. The molecule has 212 valence electrons. The zero-order valence-corrected chi connectivity index (χ0v) is 24.1. The van der Waals surface area contributed by atoms with Crippen molar-refractivity contribution in [1.82, 2.24) is 0 Å². The molecule has 0 saturated carbocycles. The zero-order valence-electron chi connectivity index (χ0n) is 24.1. The minimum atomic E-state index is -0.614. The predicted molar refractivity (Wildman–Crippen MR) is 167 cm³/mol. The number of hydrogen-bond donors (Lipinski definition) is 0. The number of esters is 1. The number of allylic oxidation sites excluding steroid dienone is 1. The minimum Gasteiger partial charge on any atom is -0.490 e. The fourth-order valence-electron chi connectivity index (χ4n) is 4.62. The van der Waals surface area contributed by atoms with E-state index in [0.29, 0.717) is 26.2 Å². The molecule has 0 heterocycles. The van der Waals surface area contributed by atoms with Crippen molar-refractivity contribution in [3.8, 4) is 16.9 Å².